The Morgan fingerprint density at radius 2 is 1.91 bits per heavy atom. The number of benzene rings is 2. The highest BCUT2D eigenvalue weighted by Crippen LogP contribution is 2.43. The van der Waals surface area contributed by atoms with Crippen LogP contribution in [0.3, 0.4) is 0 Å². The molecule has 0 bridgehead atoms. The first kappa shape index (κ1) is 26.2. The zero-order valence-electron chi connectivity index (χ0n) is 19.1. The monoisotopic (exact) mass is 509 g/mol. The van der Waals surface area contributed by atoms with E-state index in [-0.39, 0.29) is 11.6 Å². The normalized spacial score (nSPS) is 14.2. The van der Waals surface area contributed by atoms with Gasteiger partial charge in [-0.1, -0.05) is 37.6 Å². The van der Waals surface area contributed by atoms with Crippen molar-refractivity contribution in [2.75, 3.05) is 7.11 Å². The van der Waals surface area contributed by atoms with Crippen LogP contribution in [0.1, 0.15) is 25.8 Å². The second-order valence-corrected chi connectivity index (χ2v) is 8.94. The third-order valence-corrected chi connectivity index (χ3v) is 5.64. The predicted octanol–water partition coefficient (Wildman–Crippen LogP) is 5.72. The molecule has 7 nitrogen and oxygen atoms in total. The molecule has 2 aromatic carbocycles. The number of alkyl halides is 3. The number of rotatable bonds is 7. The van der Waals surface area contributed by atoms with Gasteiger partial charge in [-0.25, -0.2) is 9.78 Å². The van der Waals surface area contributed by atoms with E-state index in [0.717, 1.165) is 0 Å². The summed E-state index contributed by atoms with van der Waals surface area (Å²) < 4.78 is 52.4. The van der Waals surface area contributed by atoms with E-state index in [1.165, 1.54) is 37.4 Å². The summed E-state index contributed by atoms with van der Waals surface area (Å²) in [6, 6.07) is 12.0. The minimum absolute atomic E-state index is 0.0726. The minimum atomic E-state index is -5.03. The number of primary amides is 1. The Labute approximate surface area is 204 Å². The molecular formula is C24H23ClF3N3O4. The maximum atomic E-state index is 14.1. The molecule has 1 atom stereocenters. The number of methoxy groups -OCH3 is 1. The standard InChI is InChI=1S/C24H23ClF3N3O4/c1-22(2,16-9-7-14(25)11-19(16)34-3)12-23(33,24(26,27)28)13-30-17-5-4-6-18-15(17)8-10-20(31-18)35-21(29)32/h4-11,13,33H,12H2,1-3H3,(H2,29,32). The van der Waals surface area contributed by atoms with Crippen LogP contribution < -0.4 is 15.2 Å². The number of aliphatic hydroxyl groups is 1. The van der Waals surface area contributed by atoms with Gasteiger partial charge in [0.25, 0.3) is 0 Å². The van der Waals surface area contributed by atoms with Crippen LogP contribution in [0.4, 0.5) is 23.7 Å². The van der Waals surface area contributed by atoms with Gasteiger partial charge in [-0.2, -0.15) is 13.2 Å². The molecule has 35 heavy (non-hydrogen) atoms. The fraction of sp³-hybridized carbons (Fsp3) is 0.292. The molecule has 0 saturated carbocycles. The summed E-state index contributed by atoms with van der Waals surface area (Å²) in [5, 5.41) is 11.6. The smallest absolute Gasteiger partial charge is 0.422 e. The highest BCUT2D eigenvalue weighted by atomic mass is 35.5. The molecule has 1 unspecified atom stereocenters. The summed E-state index contributed by atoms with van der Waals surface area (Å²) in [5.41, 5.74) is 1.40. The van der Waals surface area contributed by atoms with E-state index in [4.69, 9.17) is 26.8 Å². The second-order valence-electron chi connectivity index (χ2n) is 8.50. The quantitative estimate of drug-likeness (QED) is 0.396. The number of aromatic nitrogens is 1. The summed E-state index contributed by atoms with van der Waals surface area (Å²) in [5.74, 6) is 0.231. The van der Waals surface area contributed by atoms with Gasteiger partial charge >= 0.3 is 12.3 Å². The largest absolute Gasteiger partial charge is 0.496 e. The maximum Gasteiger partial charge on any atom is 0.422 e. The fourth-order valence-electron chi connectivity index (χ4n) is 3.78. The Hall–Kier alpha value is -3.37. The zero-order chi connectivity index (χ0) is 26.0. The number of hydrogen-bond acceptors (Lipinski definition) is 6. The number of fused-ring (bicyclic) bond motifs is 1. The Balaban J connectivity index is 2.01. The number of nitrogens with two attached hydrogens (primary N) is 1. The van der Waals surface area contributed by atoms with Crippen LogP contribution in [0, 0.1) is 0 Å². The third kappa shape index (κ3) is 5.83. The number of hydrogen-bond donors (Lipinski definition) is 2. The lowest BCUT2D eigenvalue weighted by molar-refractivity contribution is -0.234. The highest BCUT2D eigenvalue weighted by molar-refractivity contribution is 6.30. The van der Waals surface area contributed by atoms with Crippen molar-refractivity contribution in [3.05, 3.63) is 59.1 Å². The van der Waals surface area contributed by atoms with E-state index in [9.17, 15) is 23.1 Å². The topological polar surface area (TPSA) is 107 Å². The molecule has 0 aliphatic rings. The lowest BCUT2D eigenvalue weighted by Crippen LogP contribution is -2.50. The maximum absolute atomic E-state index is 14.1. The average molecular weight is 510 g/mol. The number of ether oxygens (including phenoxy) is 2. The van der Waals surface area contributed by atoms with Crippen molar-refractivity contribution in [3.8, 4) is 11.6 Å². The lowest BCUT2D eigenvalue weighted by atomic mass is 9.75. The van der Waals surface area contributed by atoms with E-state index >= 15 is 0 Å². The number of pyridine rings is 1. The molecule has 0 aliphatic heterocycles. The molecule has 11 heteroatoms. The number of carbonyl (C=O) groups excluding carboxylic acids is 1. The van der Waals surface area contributed by atoms with E-state index < -0.39 is 29.7 Å². The highest BCUT2D eigenvalue weighted by Gasteiger charge is 2.55. The number of aliphatic imine (C=N–C) groups is 1. The SMILES string of the molecule is COc1cc(Cl)ccc1C(C)(C)CC(O)(C=Nc1cccc2nc(OC(N)=O)ccc12)C(F)(F)F. The molecule has 0 spiro atoms. The van der Waals surface area contributed by atoms with Crippen molar-refractivity contribution in [1.29, 1.82) is 0 Å². The Morgan fingerprint density at radius 1 is 1.20 bits per heavy atom. The van der Waals surface area contributed by atoms with Gasteiger partial charge in [0.1, 0.15) is 5.75 Å². The van der Waals surface area contributed by atoms with Crippen LogP contribution in [0.15, 0.2) is 53.5 Å². The van der Waals surface area contributed by atoms with Gasteiger partial charge in [-0.3, -0.25) is 4.99 Å². The van der Waals surface area contributed by atoms with E-state index in [2.05, 4.69) is 9.98 Å². The molecule has 0 saturated heterocycles. The number of halogens is 4. The molecule has 0 fully saturated rings. The first-order valence-corrected chi connectivity index (χ1v) is 10.7. The van der Waals surface area contributed by atoms with Crippen molar-refractivity contribution in [2.45, 2.75) is 37.5 Å². The first-order chi connectivity index (χ1) is 16.3. The Bertz CT molecular complexity index is 1280. The van der Waals surface area contributed by atoms with Crippen molar-refractivity contribution in [2.24, 2.45) is 10.7 Å². The van der Waals surface area contributed by atoms with Crippen LogP contribution in [-0.2, 0) is 5.41 Å². The van der Waals surface area contributed by atoms with Gasteiger partial charge in [0.15, 0.2) is 5.60 Å². The van der Waals surface area contributed by atoms with Crippen LogP contribution >= 0.6 is 11.6 Å². The molecule has 186 valence electrons. The number of carbonyl (C=O) groups is 1. The summed E-state index contributed by atoms with van der Waals surface area (Å²) in [6.45, 7) is 3.12. The molecular weight excluding hydrogens is 487 g/mol. The number of amides is 1. The van der Waals surface area contributed by atoms with Crippen molar-refractivity contribution in [1.82, 2.24) is 4.98 Å². The van der Waals surface area contributed by atoms with E-state index in [0.29, 0.717) is 33.5 Å². The Morgan fingerprint density at radius 3 is 2.54 bits per heavy atom. The summed E-state index contributed by atoms with van der Waals surface area (Å²) in [4.78, 5) is 19.0. The molecule has 0 aliphatic carbocycles. The van der Waals surface area contributed by atoms with Crippen LogP contribution in [0.2, 0.25) is 5.02 Å². The average Bonchev–Trinajstić information content (AvgIpc) is 2.75. The van der Waals surface area contributed by atoms with Crippen LogP contribution in [0.5, 0.6) is 11.6 Å². The molecule has 1 aromatic heterocycles. The zero-order valence-corrected chi connectivity index (χ0v) is 19.8. The van der Waals surface area contributed by atoms with E-state index in [1.807, 2.05) is 0 Å². The van der Waals surface area contributed by atoms with Gasteiger partial charge in [0, 0.05) is 22.7 Å². The molecule has 3 rings (SSSR count). The second kappa shape index (κ2) is 9.71. The molecule has 1 heterocycles. The van der Waals surface area contributed by atoms with Crippen molar-refractivity contribution >= 4 is 40.5 Å². The van der Waals surface area contributed by atoms with Gasteiger partial charge in [-0.15, -0.1) is 0 Å². The lowest BCUT2D eigenvalue weighted by Gasteiger charge is -2.36. The molecule has 1 amide bonds. The van der Waals surface area contributed by atoms with Gasteiger partial charge in [-0.05, 0) is 47.7 Å². The van der Waals surface area contributed by atoms with Crippen molar-refractivity contribution < 1.29 is 32.5 Å². The Kier molecular flexibility index (Phi) is 7.28. The summed E-state index contributed by atoms with van der Waals surface area (Å²) in [6.07, 6.45) is -6.34. The fourth-order valence-corrected chi connectivity index (χ4v) is 3.94. The van der Waals surface area contributed by atoms with Crippen LogP contribution in [-0.4, -0.2) is 41.3 Å². The van der Waals surface area contributed by atoms with E-state index in [1.54, 1.807) is 32.0 Å². The molecule has 3 aromatic rings. The molecule has 3 N–H and O–H groups in total. The minimum Gasteiger partial charge on any atom is -0.496 e. The number of nitrogens with zero attached hydrogens (tertiary/aromatic N) is 2. The van der Waals surface area contributed by atoms with Gasteiger partial charge in [0.05, 0.1) is 18.3 Å². The first-order valence-electron chi connectivity index (χ1n) is 10.3. The molecule has 0 radical (unpaired) electrons. The predicted molar refractivity (Wildman–Crippen MR) is 127 cm³/mol. The summed E-state index contributed by atoms with van der Waals surface area (Å²) >= 11 is 5.98. The van der Waals surface area contributed by atoms with Gasteiger partial charge < -0.3 is 20.3 Å². The summed E-state index contributed by atoms with van der Waals surface area (Å²) in [7, 11) is 1.39. The van der Waals surface area contributed by atoms with Crippen molar-refractivity contribution in [3.63, 3.8) is 0 Å². The van der Waals surface area contributed by atoms with Crippen LogP contribution in [0.25, 0.3) is 10.9 Å². The van der Waals surface area contributed by atoms with Gasteiger partial charge in [0.2, 0.25) is 5.88 Å². The third-order valence-electron chi connectivity index (χ3n) is 5.40.